The number of nitrogens with zero attached hydrogens (tertiary/aromatic N) is 4. The lowest BCUT2D eigenvalue weighted by molar-refractivity contribution is 0.1000. The molecule has 0 saturated carbocycles. The minimum Gasteiger partial charge on any atom is -0.505 e. The zero-order valence-corrected chi connectivity index (χ0v) is 23.0. The van der Waals surface area contributed by atoms with Crippen LogP contribution in [-0.4, -0.2) is 44.1 Å². The summed E-state index contributed by atoms with van der Waals surface area (Å²) in [5, 5.41) is 26.2. The first-order valence-electron chi connectivity index (χ1n) is 11.3. The summed E-state index contributed by atoms with van der Waals surface area (Å²) in [4.78, 5) is 9.76. The highest BCUT2D eigenvalue weighted by Crippen LogP contribution is 2.45. The summed E-state index contributed by atoms with van der Waals surface area (Å²) >= 11 is 0. The van der Waals surface area contributed by atoms with E-state index in [2.05, 4.69) is 20.5 Å². The highest BCUT2D eigenvalue weighted by Gasteiger charge is 2.25. The molecule has 0 radical (unpaired) electrons. The molecular weight excluding hydrogens is 594 g/mol. The lowest BCUT2D eigenvalue weighted by atomic mass is 10.1. The predicted octanol–water partition coefficient (Wildman–Crippen LogP) is 4.14. The van der Waals surface area contributed by atoms with Crippen LogP contribution >= 0.6 is 0 Å². The normalized spacial score (nSPS) is 12.4. The molecule has 218 valence electrons. The SMILES string of the molecule is COc1cc(N=Nc2cccc(C(N)=O)c2)c(N)cc1N=Nc1c(S(=O)(=O)O)cc2cc(S(=O)(=O)O)cc(N)c2c1O. The van der Waals surface area contributed by atoms with Gasteiger partial charge in [-0.15, -0.1) is 15.3 Å². The van der Waals surface area contributed by atoms with Crippen LogP contribution in [-0.2, 0) is 20.2 Å². The molecule has 0 aliphatic carbocycles. The third-order valence-electron chi connectivity index (χ3n) is 5.72. The van der Waals surface area contributed by atoms with Crippen LogP contribution in [0.25, 0.3) is 10.8 Å². The molecule has 4 aromatic carbocycles. The van der Waals surface area contributed by atoms with Crippen LogP contribution in [0.1, 0.15) is 10.4 Å². The van der Waals surface area contributed by atoms with Gasteiger partial charge < -0.3 is 27.0 Å². The van der Waals surface area contributed by atoms with Crippen molar-refractivity contribution in [3.63, 3.8) is 0 Å². The van der Waals surface area contributed by atoms with Crippen molar-refractivity contribution in [3.8, 4) is 11.5 Å². The van der Waals surface area contributed by atoms with Crippen LogP contribution in [0.2, 0.25) is 0 Å². The molecule has 0 unspecified atom stereocenters. The molecule has 0 atom stereocenters. The number of ether oxygens (including phenoxy) is 1. The largest absolute Gasteiger partial charge is 0.505 e. The maximum absolute atomic E-state index is 12.1. The first-order valence-corrected chi connectivity index (χ1v) is 14.2. The molecule has 0 aromatic heterocycles. The summed E-state index contributed by atoms with van der Waals surface area (Å²) in [6.07, 6.45) is 0. The highest BCUT2D eigenvalue weighted by molar-refractivity contribution is 7.86. The van der Waals surface area contributed by atoms with Gasteiger partial charge in [-0.1, -0.05) is 6.07 Å². The molecular formula is C24H21N7O9S2. The van der Waals surface area contributed by atoms with E-state index in [0.717, 1.165) is 18.2 Å². The number of nitrogens with two attached hydrogens (primary N) is 3. The third-order valence-corrected chi connectivity index (χ3v) is 7.42. The Hall–Kier alpha value is -5.17. The smallest absolute Gasteiger partial charge is 0.296 e. The molecule has 0 fully saturated rings. The molecule has 1 amide bonds. The van der Waals surface area contributed by atoms with Crippen LogP contribution in [0.3, 0.4) is 0 Å². The quantitative estimate of drug-likeness (QED) is 0.0929. The summed E-state index contributed by atoms with van der Waals surface area (Å²) < 4.78 is 71.9. The summed E-state index contributed by atoms with van der Waals surface area (Å²) in [6.45, 7) is 0. The second-order valence-corrected chi connectivity index (χ2v) is 11.3. The number of aromatic hydroxyl groups is 1. The molecule has 4 rings (SSSR count). The Kier molecular flexibility index (Phi) is 7.81. The number of phenols is 1. The number of carbonyl (C=O) groups is 1. The summed E-state index contributed by atoms with van der Waals surface area (Å²) in [5.74, 6) is -1.47. The number of amides is 1. The van der Waals surface area contributed by atoms with Gasteiger partial charge in [0, 0.05) is 22.7 Å². The van der Waals surface area contributed by atoms with E-state index in [1.165, 1.54) is 31.4 Å². The first-order chi connectivity index (χ1) is 19.6. The number of benzene rings is 4. The maximum atomic E-state index is 12.1. The zero-order chi connectivity index (χ0) is 31.0. The Bertz CT molecular complexity index is 2050. The van der Waals surface area contributed by atoms with Gasteiger partial charge in [0.05, 0.1) is 23.4 Å². The van der Waals surface area contributed by atoms with Crippen molar-refractivity contribution in [2.75, 3.05) is 18.6 Å². The standard InChI is InChI=1S/C24H21N7O9S2/c1-40-19-10-17(29-28-13-4-2-3-11(5-13)24(27)33)15(25)9-18(19)30-31-22-20(42(37,38)39)7-12-6-14(41(34,35)36)8-16(26)21(12)23(22)32/h2-10,32H,25-26H2,1H3,(H2,27,33)(H,34,35,36)(H,37,38,39). The summed E-state index contributed by atoms with van der Waals surface area (Å²) in [6, 6.07) is 11.1. The van der Waals surface area contributed by atoms with E-state index in [1.54, 1.807) is 12.1 Å². The van der Waals surface area contributed by atoms with Crippen LogP contribution in [0.4, 0.5) is 34.1 Å². The Morgan fingerprint density at radius 1 is 0.833 bits per heavy atom. The van der Waals surface area contributed by atoms with Crippen LogP contribution < -0.4 is 21.9 Å². The molecule has 0 aliphatic rings. The first kappa shape index (κ1) is 29.8. The van der Waals surface area contributed by atoms with Crippen molar-refractivity contribution in [2.45, 2.75) is 9.79 Å². The number of anilines is 2. The minimum atomic E-state index is -5.06. The van der Waals surface area contributed by atoms with Gasteiger partial charge in [-0.2, -0.15) is 21.9 Å². The topological polar surface area (TPSA) is 283 Å². The lowest BCUT2D eigenvalue weighted by Crippen LogP contribution is -2.10. The maximum Gasteiger partial charge on any atom is 0.296 e. The Balaban J connectivity index is 1.81. The molecule has 9 N–H and O–H groups in total. The van der Waals surface area contributed by atoms with Gasteiger partial charge in [0.15, 0.2) is 5.75 Å². The fourth-order valence-electron chi connectivity index (χ4n) is 3.77. The Morgan fingerprint density at radius 2 is 1.52 bits per heavy atom. The number of hydrogen-bond donors (Lipinski definition) is 6. The van der Waals surface area contributed by atoms with E-state index in [0.29, 0.717) is 5.69 Å². The van der Waals surface area contributed by atoms with Crippen molar-refractivity contribution >= 4 is 71.0 Å². The van der Waals surface area contributed by atoms with Crippen molar-refractivity contribution in [1.82, 2.24) is 0 Å². The number of methoxy groups -OCH3 is 1. The third kappa shape index (κ3) is 6.10. The average Bonchev–Trinajstić information content (AvgIpc) is 2.90. The summed E-state index contributed by atoms with van der Waals surface area (Å²) in [7, 11) is -8.53. The second kappa shape index (κ2) is 11.0. The number of primary amides is 1. The number of carbonyl (C=O) groups excluding carboxylic acids is 1. The van der Waals surface area contributed by atoms with E-state index >= 15 is 0 Å². The molecule has 0 heterocycles. The predicted molar refractivity (Wildman–Crippen MR) is 150 cm³/mol. The Labute approximate surface area is 237 Å². The van der Waals surface area contributed by atoms with Crippen molar-refractivity contribution in [1.29, 1.82) is 0 Å². The average molecular weight is 616 g/mol. The zero-order valence-electron chi connectivity index (χ0n) is 21.3. The van der Waals surface area contributed by atoms with E-state index in [-0.39, 0.29) is 44.8 Å². The monoisotopic (exact) mass is 615 g/mol. The van der Waals surface area contributed by atoms with E-state index in [9.17, 15) is 35.8 Å². The van der Waals surface area contributed by atoms with Crippen LogP contribution in [0, 0.1) is 0 Å². The fourth-order valence-corrected chi connectivity index (χ4v) is 4.98. The molecule has 18 heteroatoms. The van der Waals surface area contributed by atoms with Gasteiger partial charge in [0.2, 0.25) is 5.91 Å². The number of hydrogen-bond acceptors (Lipinski definition) is 13. The van der Waals surface area contributed by atoms with Crippen molar-refractivity contribution < 1.29 is 40.6 Å². The van der Waals surface area contributed by atoms with Gasteiger partial charge in [-0.3, -0.25) is 13.9 Å². The van der Waals surface area contributed by atoms with E-state index < -0.39 is 47.4 Å². The molecule has 0 aliphatic heterocycles. The van der Waals surface area contributed by atoms with Gasteiger partial charge >= 0.3 is 0 Å². The van der Waals surface area contributed by atoms with Crippen molar-refractivity contribution in [3.05, 3.63) is 60.2 Å². The van der Waals surface area contributed by atoms with Gasteiger partial charge in [0.25, 0.3) is 20.2 Å². The lowest BCUT2D eigenvalue weighted by Gasteiger charge is -2.12. The molecule has 42 heavy (non-hydrogen) atoms. The number of fused-ring (bicyclic) bond motifs is 1. The minimum absolute atomic E-state index is 0.0271. The second-order valence-electron chi connectivity index (χ2n) is 8.53. The molecule has 16 nitrogen and oxygen atoms in total. The van der Waals surface area contributed by atoms with Crippen molar-refractivity contribution in [2.24, 2.45) is 26.2 Å². The molecule has 0 saturated heterocycles. The number of phenolic OH excluding ortho intramolecular Hbond substituents is 1. The van der Waals surface area contributed by atoms with Crippen LogP contribution in [0.15, 0.2) is 84.8 Å². The van der Waals surface area contributed by atoms with Gasteiger partial charge in [-0.05, 0) is 47.9 Å². The highest BCUT2D eigenvalue weighted by atomic mass is 32.2. The Morgan fingerprint density at radius 3 is 2.14 bits per heavy atom. The van der Waals surface area contributed by atoms with E-state index in [4.69, 9.17) is 21.9 Å². The van der Waals surface area contributed by atoms with Gasteiger partial charge in [-0.25, -0.2) is 0 Å². The number of azo groups is 2. The van der Waals surface area contributed by atoms with Gasteiger partial charge in [0.1, 0.15) is 27.7 Å². The van der Waals surface area contributed by atoms with E-state index in [1.807, 2.05) is 0 Å². The summed E-state index contributed by atoms with van der Waals surface area (Å²) in [5.41, 5.74) is 16.7. The molecule has 4 aromatic rings. The number of rotatable bonds is 8. The molecule has 0 spiro atoms. The molecule has 0 bridgehead atoms. The van der Waals surface area contributed by atoms with Crippen LogP contribution in [0.5, 0.6) is 11.5 Å². The number of nitrogen functional groups attached to an aromatic ring is 2. The fraction of sp³-hybridized carbons (Fsp3) is 0.0417.